The predicted molar refractivity (Wildman–Crippen MR) is 79.2 cm³/mol. The number of nitrogens with one attached hydrogen (secondary N) is 1. The van der Waals surface area contributed by atoms with Crippen molar-refractivity contribution in [1.82, 2.24) is 5.32 Å². The van der Waals surface area contributed by atoms with Gasteiger partial charge in [-0.15, -0.1) is 0 Å². The fourth-order valence-electron chi connectivity index (χ4n) is 1.93. The van der Waals surface area contributed by atoms with Gasteiger partial charge in [-0.3, -0.25) is 0 Å². The van der Waals surface area contributed by atoms with Crippen molar-refractivity contribution in [1.29, 1.82) is 0 Å². The largest absolute Gasteiger partial charge is 0.392 e. The number of hydrogen-bond donors (Lipinski definition) is 2. The monoisotopic (exact) mass is 293 g/mol. The Kier molecular flexibility index (Phi) is 5.53. The molecule has 0 aliphatic heterocycles. The molecule has 0 unspecified atom stereocenters. The van der Waals surface area contributed by atoms with Crippen molar-refractivity contribution in [3.63, 3.8) is 0 Å². The molecule has 0 spiro atoms. The van der Waals surface area contributed by atoms with E-state index < -0.39 is 0 Å². The van der Waals surface area contributed by atoms with Crippen LogP contribution in [0.15, 0.2) is 42.5 Å². The predicted octanol–water partition coefficient (Wildman–Crippen LogP) is 3.30. The first kappa shape index (κ1) is 15.0. The van der Waals surface area contributed by atoms with E-state index in [1.807, 2.05) is 24.3 Å². The Bertz CT molecular complexity index is 557. The molecule has 2 aromatic carbocycles. The molecule has 0 amide bonds. The first-order valence-corrected chi connectivity index (χ1v) is 6.90. The van der Waals surface area contributed by atoms with Crippen molar-refractivity contribution in [2.45, 2.75) is 19.6 Å². The second-order valence-corrected chi connectivity index (χ2v) is 5.04. The minimum Gasteiger partial charge on any atom is -0.392 e. The molecule has 4 heteroatoms. The molecule has 0 heterocycles. The maximum absolute atomic E-state index is 12.9. The molecule has 2 aromatic rings. The summed E-state index contributed by atoms with van der Waals surface area (Å²) in [6.45, 7) is 1.50. The summed E-state index contributed by atoms with van der Waals surface area (Å²) in [6.07, 6.45) is 0.893. The summed E-state index contributed by atoms with van der Waals surface area (Å²) in [7, 11) is 0. The molecule has 0 aliphatic rings. The van der Waals surface area contributed by atoms with Gasteiger partial charge in [-0.05, 0) is 41.8 Å². The normalized spacial score (nSPS) is 10.8. The van der Waals surface area contributed by atoms with E-state index in [9.17, 15) is 4.39 Å². The molecule has 0 radical (unpaired) electrons. The van der Waals surface area contributed by atoms with Gasteiger partial charge in [0.1, 0.15) is 5.82 Å². The minimum absolute atomic E-state index is 0.0710. The Morgan fingerprint density at radius 1 is 1.05 bits per heavy atom. The summed E-state index contributed by atoms with van der Waals surface area (Å²) < 4.78 is 12.9. The van der Waals surface area contributed by atoms with Crippen LogP contribution in [0.25, 0.3) is 0 Å². The van der Waals surface area contributed by atoms with Crippen LogP contribution in [0.5, 0.6) is 0 Å². The van der Waals surface area contributed by atoms with E-state index in [0.717, 1.165) is 24.1 Å². The Morgan fingerprint density at radius 3 is 2.40 bits per heavy atom. The topological polar surface area (TPSA) is 32.3 Å². The summed E-state index contributed by atoms with van der Waals surface area (Å²) in [5.74, 6) is -0.317. The third-order valence-corrected chi connectivity index (χ3v) is 3.48. The van der Waals surface area contributed by atoms with Crippen LogP contribution in [0.2, 0.25) is 5.02 Å². The number of aliphatic hydroxyl groups excluding tert-OH is 1. The third-order valence-electron chi connectivity index (χ3n) is 3.13. The van der Waals surface area contributed by atoms with Crippen molar-refractivity contribution in [2.75, 3.05) is 6.54 Å². The van der Waals surface area contributed by atoms with Crippen molar-refractivity contribution in [3.8, 4) is 0 Å². The van der Waals surface area contributed by atoms with Crippen molar-refractivity contribution in [3.05, 3.63) is 70.0 Å². The summed E-state index contributed by atoms with van der Waals surface area (Å²) in [4.78, 5) is 0. The van der Waals surface area contributed by atoms with E-state index in [2.05, 4.69) is 5.32 Å². The first-order valence-electron chi connectivity index (χ1n) is 6.52. The van der Waals surface area contributed by atoms with Crippen molar-refractivity contribution in [2.24, 2.45) is 0 Å². The van der Waals surface area contributed by atoms with Crippen LogP contribution in [0, 0.1) is 5.82 Å². The summed E-state index contributed by atoms with van der Waals surface area (Å²) >= 11 is 5.96. The molecule has 0 fully saturated rings. The van der Waals surface area contributed by atoms with E-state index in [1.165, 1.54) is 17.7 Å². The van der Waals surface area contributed by atoms with Crippen LogP contribution >= 0.6 is 11.6 Å². The molecule has 0 bridgehead atoms. The van der Waals surface area contributed by atoms with Gasteiger partial charge >= 0.3 is 0 Å². The van der Waals surface area contributed by atoms with Crippen LogP contribution < -0.4 is 5.32 Å². The van der Waals surface area contributed by atoms with E-state index in [0.29, 0.717) is 11.6 Å². The molecule has 20 heavy (non-hydrogen) atoms. The van der Waals surface area contributed by atoms with E-state index >= 15 is 0 Å². The van der Waals surface area contributed by atoms with Gasteiger partial charge in [0.15, 0.2) is 0 Å². The molecule has 2 nitrogen and oxygen atoms in total. The van der Waals surface area contributed by atoms with E-state index in [1.54, 1.807) is 6.07 Å². The highest BCUT2D eigenvalue weighted by Gasteiger charge is 2.01. The molecular formula is C16H17ClFNO. The maximum Gasteiger partial charge on any atom is 0.124 e. The molecular weight excluding hydrogens is 277 g/mol. The first-order chi connectivity index (χ1) is 9.69. The van der Waals surface area contributed by atoms with Gasteiger partial charge < -0.3 is 10.4 Å². The van der Waals surface area contributed by atoms with Gasteiger partial charge in [0.2, 0.25) is 0 Å². The lowest BCUT2D eigenvalue weighted by atomic mass is 10.1. The number of aliphatic hydroxyl groups is 1. The lowest BCUT2D eigenvalue weighted by Crippen LogP contribution is -2.17. The second kappa shape index (κ2) is 7.39. The van der Waals surface area contributed by atoms with Gasteiger partial charge in [0.05, 0.1) is 6.61 Å². The van der Waals surface area contributed by atoms with Crippen molar-refractivity contribution < 1.29 is 9.50 Å². The highest BCUT2D eigenvalue weighted by molar-refractivity contribution is 6.31. The zero-order valence-corrected chi connectivity index (χ0v) is 11.8. The molecule has 0 atom stereocenters. The van der Waals surface area contributed by atoms with E-state index in [4.69, 9.17) is 16.7 Å². The minimum atomic E-state index is -0.317. The molecule has 2 N–H and O–H groups in total. The molecule has 106 valence electrons. The van der Waals surface area contributed by atoms with Crippen molar-refractivity contribution >= 4 is 11.6 Å². The molecule has 0 aliphatic carbocycles. The van der Waals surface area contributed by atoms with Crippen LogP contribution in [-0.2, 0) is 19.6 Å². The number of halogens is 2. The quantitative estimate of drug-likeness (QED) is 0.801. The SMILES string of the molecule is OCc1ccc(CCNCc2ccc(F)cc2Cl)cc1. The lowest BCUT2D eigenvalue weighted by Gasteiger charge is -2.07. The fraction of sp³-hybridized carbons (Fsp3) is 0.250. The molecule has 0 saturated heterocycles. The molecule has 2 rings (SSSR count). The number of rotatable bonds is 6. The average Bonchev–Trinajstić information content (AvgIpc) is 2.46. The van der Waals surface area contributed by atoms with Gasteiger partial charge in [-0.1, -0.05) is 41.9 Å². The maximum atomic E-state index is 12.9. The van der Waals surface area contributed by atoms with Crippen LogP contribution in [0.1, 0.15) is 16.7 Å². The lowest BCUT2D eigenvalue weighted by molar-refractivity contribution is 0.282. The molecule has 0 saturated carbocycles. The van der Waals surface area contributed by atoms with Crippen LogP contribution in [-0.4, -0.2) is 11.7 Å². The number of hydrogen-bond acceptors (Lipinski definition) is 2. The fourth-order valence-corrected chi connectivity index (χ4v) is 2.17. The Morgan fingerprint density at radius 2 is 1.75 bits per heavy atom. The zero-order chi connectivity index (χ0) is 14.4. The van der Waals surface area contributed by atoms with Gasteiger partial charge in [-0.25, -0.2) is 4.39 Å². The zero-order valence-electron chi connectivity index (χ0n) is 11.1. The smallest absolute Gasteiger partial charge is 0.124 e. The van der Waals surface area contributed by atoms with Gasteiger partial charge in [0, 0.05) is 11.6 Å². The number of benzene rings is 2. The van der Waals surface area contributed by atoms with E-state index in [-0.39, 0.29) is 12.4 Å². The summed E-state index contributed by atoms with van der Waals surface area (Å²) in [6, 6.07) is 12.3. The standard InChI is InChI=1S/C16H17ClFNO/c17-16-9-15(18)6-5-14(16)10-19-8-7-12-1-3-13(11-20)4-2-12/h1-6,9,19-20H,7-8,10-11H2. The Labute approximate surface area is 123 Å². The second-order valence-electron chi connectivity index (χ2n) is 4.64. The van der Waals surface area contributed by atoms with Gasteiger partial charge in [-0.2, -0.15) is 0 Å². The summed E-state index contributed by atoms with van der Waals surface area (Å²) in [5.41, 5.74) is 3.02. The van der Waals surface area contributed by atoms with Crippen LogP contribution in [0.4, 0.5) is 4.39 Å². The highest BCUT2D eigenvalue weighted by atomic mass is 35.5. The molecule has 0 aromatic heterocycles. The summed E-state index contributed by atoms with van der Waals surface area (Å²) in [5, 5.41) is 12.7. The highest BCUT2D eigenvalue weighted by Crippen LogP contribution is 2.16. The van der Waals surface area contributed by atoms with Crippen LogP contribution in [0.3, 0.4) is 0 Å². The third kappa shape index (κ3) is 4.30. The average molecular weight is 294 g/mol. The Balaban J connectivity index is 1.78. The van der Waals surface area contributed by atoms with Gasteiger partial charge in [0.25, 0.3) is 0 Å². The Hall–Kier alpha value is -1.42.